The van der Waals surface area contributed by atoms with Crippen molar-refractivity contribution >= 4 is 11.7 Å². The number of hydrogen-bond acceptors (Lipinski definition) is 6. The molecule has 3 rings (SSSR count). The Hall–Kier alpha value is -3.49. The van der Waals surface area contributed by atoms with Gasteiger partial charge in [0.05, 0.1) is 19.1 Å². The average molecular weight is 454 g/mol. The lowest BCUT2D eigenvalue weighted by Crippen LogP contribution is -2.27. The summed E-state index contributed by atoms with van der Waals surface area (Å²) < 4.78 is 25.2. The fourth-order valence-corrected chi connectivity index (χ4v) is 3.30. The molecule has 8 heteroatoms. The summed E-state index contributed by atoms with van der Waals surface area (Å²) in [6.45, 7) is 0.540. The summed E-state index contributed by atoms with van der Waals surface area (Å²) >= 11 is 0. The molecule has 0 amide bonds. The molecule has 2 atom stereocenters. The molecule has 2 aromatic rings. The minimum Gasteiger partial charge on any atom is -0.487 e. The third-order valence-electron chi connectivity index (χ3n) is 5.03. The van der Waals surface area contributed by atoms with E-state index in [1.807, 2.05) is 42.5 Å². The molecule has 0 bridgehead atoms. The summed E-state index contributed by atoms with van der Waals surface area (Å²) in [4.78, 5) is 15.6. The Morgan fingerprint density at radius 1 is 1.27 bits per heavy atom. The zero-order valence-corrected chi connectivity index (χ0v) is 18.3. The number of ether oxygens (including phenoxy) is 2. The van der Waals surface area contributed by atoms with E-state index in [0.717, 1.165) is 11.1 Å². The van der Waals surface area contributed by atoms with Crippen LogP contribution in [0.4, 0.5) is 4.39 Å². The van der Waals surface area contributed by atoms with Gasteiger partial charge in [0.25, 0.3) is 0 Å². The Morgan fingerprint density at radius 2 is 2.06 bits per heavy atom. The van der Waals surface area contributed by atoms with Gasteiger partial charge in [0.2, 0.25) is 0 Å². The minimum atomic E-state index is -0.918. The van der Waals surface area contributed by atoms with E-state index in [0.29, 0.717) is 30.1 Å². The summed E-state index contributed by atoms with van der Waals surface area (Å²) in [5.41, 5.74) is 8.74. The van der Waals surface area contributed by atoms with Crippen molar-refractivity contribution in [3.05, 3.63) is 89.3 Å². The van der Waals surface area contributed by atoms with Gasteiger partial charge in [0.15, 0.2) is 0 Å². The van der Waals surface area contributed by atoms with E-state index >= 15 is 0 Å². The van der Waals surface area contributed by atoms with Crippen molar-refractivity contribution in [1.82, 2.24) is 0 Å². The van der Waals surface area contributed by atoms with E-state index < -0.39 is 12.0 Å². The number of oxime groups is 1. The van der Waals surface area contributed by atoms with E-state index in [4.69, 9.17) is 25.2 Å². The van der Waals surface area contributed by atoms with Crippen LogP contribution >= 0.6 is 0 Å². The lowest BCUT2D eigenvalue weighted by molar-refractivity contribution is -0.137. The van der Waals surface area contributed by atoms with Crippen molar-refractivity contribution in [2.24, 2.45) is 10.9 Å². The highest BCUT2D eigenvalue weighted by Gasteiger charge is 2.16. The number of carboxylic acid groups (broad SMARTS) is 1. The van der Waals surface area contributed by atoms with Gasteiger partial charge in [-0.25, -0.2) is 4.39 Å². The third kappa shape index (κ3) is 7.55. The fraction of sp³-hybridized carbons (Fsp3) is 0.280. The van der Waals surface area contributed by atoms with Gasteiger partial charge in [-0.15, -0.1) is 0 Å². The lowest BCUT2D eigenvalue weighted by Gasteiger charge is -2.20. The molecule has 0 aliphatic heterocycles. The summed E-state index contributed by atoms with van der Waals surface area (Å²) in [5.74, 6) is -0.640. The van der Waals surface area contributed by atoms with E-state index in [1.54, 1.807) is 12.1 Å². The molecule has 7 nitrogen and oxygen atoms in total. The largest absolute Gasteiger partial charge is 0.487 e. The average Bonchev–Trinajstić information content (AvgIpc) is 2.81. The van der Waals surface area contributed by atoms with Gasteiger partial charge >= 0.3 is 5.97 Å². The summed E-state index contributed by atoms with van der Waals surface area (Å²) in [6.07, 6.45) is 6.10. The number of nitrogens with zero attached hydrogens (tertiary/aromatic N) is 1. The summed E-state index contributed by atoms with van der Waals surface area (Å²) in [7, 11) is 1.43. The van der Waals surface area contributed by atoms with Crippen molar-refractivity contribution in [2.75, 3.05) is 13.7 Å². The van der Waals surface area contributed by atoms with Crippen molar-refractivity contribution in [2.45, 2.75) is 31.6 Å². The summed E-state index contributed by atoms with van der Waals surface area (Å²) in [5, 5.41) is 12.8. The van der Waals surface area contributed by atoms with Crippen LogP contribution in [0.3, 0.4) is 0 Å². The predicted molar refractivity (Wildman–Crippen MR) is 123 cm³/mol. The van der Waals surface area contributed by atoms with Crippen LogP contribution in [0.2, 0.25) is 0 Å². The molecule has 0 spiro atoms. The molecule has 1 aliphatic carbocycles. The second kappa shape index (κ2) is 11.9. The first-order chi connectivity index (χ1) is 15.9. The number of halogens is 1. The minimum absolute atomic E-state index is 0.0965. The van der Waals surface area contributed by atoms with Gasteiger partial charge in [0, 0.05) is 11.6 Å². The van der Waals surface area contributed by atoms with Crippen LogP contribution in [0.25, 0.3) is 0 Å². The predicted octanol–water partition coefficient (Wildman–Crippen LogP) is 3.83. The number of aliphatic carboxylic acids is 1. The Balaban J connectivity index is 1.48. The van der Waals surface area contributed by atoms with E-state index in [9.17, 15) is 9.18 Å². The molecule has 2 unspecified atom stereocenters. The molecule has 2 aromatic carbocycles. The Labute approximate surface area is 191 Å². The molecular formula is C25H27FN2O5. The van der Waals surface area contributed by atoms with Gasteiger partial charge in [-0.1, -0.05) is 47.6 Å². The molecule has 1 aliphatic rings. The monoisotopic (exact) mass is 454 g/mol. The Bertz CT molecular complexity index is 1030. The van der Waals surface area contributed by atoms with Crippen LogP contribution in [0.5, 0.6) is 5.75 Å². The summed E-state index contributed by atoms with van der Waals surface area (Å²) in [6, 6.07) is 13.0. The van der Waals surface area contributed by atoms with E-state index in [1.165, 1.54) is 19.2 Å². The van der Waals surface area contributed by atoms with Gasteiger partial charge in [0.1, 0.15) is 31.0 Å². The standard InChI is InChI=1S/C25H27FN2O5/c1-31-28-24(19-3-2-4-20(26)13-19)16-33-21-9-5-17(6-10-21)15-32-22-11-7-18(8-12-22)23(27)14-25(29)30/h2-11,13,22-23H,12,14-16,27H2,1H3,(H,29,30)/b28-24+. The quantitative estimate of drug-likeness (QED) is 0.395. The molecule has 33 heavy (non-hydrogen) atoms. The maximum atomic E-state index is 13.5. The van der Waals surface area contributed by atoms with Crippen LogP contribution in [-0.4, -0.2) is 42.7 Å². The molecule has 0 radical (unpaired) electrons. The number of carboxylic acids is 1. The number of nitrogens with two attached hydrogens (primary N) is 1. The molecule has 0 aromatic heterocycles. The van der Waals surface area contributed by atoms with Crippen LogP contribution < -0.4 is 10.5 Å². The maximum absolute atomic E-state index is 13.5. The lowest BCUT2D eigenvalue weighted by atomic mass is 9.97. The molecule has 0 saturated heterocycles. The zero-order valence-electron chi connectivity index (χ0n) is 18.3. The third-order valence-corrected chi connectivity index (χ3v) is 5.03. The smallest absolute Gasteiger partial charge is 0.305 e. The van der Waals surface area contributed by atoms with E-state index in [-0.39, 0.29) is 24.9 Å². The first-order valence-corrected chi connectivity index (χ1v) is 10.5. The topological polar surface area (TPSA) is 103 Å². The van der Waals surface area contributed by atoms with Crippen molar-refractivity contribution < 1.29 is 28.6 Å². The number of hydrogen-bond donors (Lipinski definition) is 2. The number of carbonyl (C=O) groups is 1. The molecular weight excluding hydrogens is 427 g/mol. The highest BCUT2D eigenvalue weighted by molar-refractivity contribution is 6.01. The van der Waals surface area contributed by atoms with Gasteiger partial charge < -0.3 is 25.2 Å². The van der Waals surface area contributed by atoms with Crippen LogP contribution in [-0.2, 0) is 21.0 Å². The van der Waals surface area contributed by atoms with Gasteiger partial charge in [-0.05, 0) is 41.8 Å². The molecule has 174 valence electrons. The number of benzene rings is 2. The highest BCUT2D eigenvalue weighted by atomic mass is 19.1. The van der Waals surface area contributed by atoms with Gasteiger partial charge in [-0.2, -0.15) is 0 Å². The first kappa shape index (κ1) is 24.2. The Kier molecular flexibility index (Phi) is 8.74. The van der Waals surface area contributed by atoms with Crippen molar-refractivity contribution in [1.29, 1.82) is 0 Å². The van der Waals surface area contributed by atoms with Gasteiger partial charge in [-0.3, -0.25) is 4.79 Å². The number of rotatable bonds is 11. The zero-order chi connectivity index (χ0) is 23.6. The molecule has 0 saturated carbocycles. The maximum Gasteiger partial charge on any atom is 0.305 e. The molecule has 3 N–H and O–H groups in total. The second-order valence-electron chi connectivity index (χ2n) is 7.52. The normalized spacial score (nSPS) is 16.8. The van der Waals surface area contributed by atoms with Crippen molar-refractivity contribution in [3.8, 4) is 5.75 Å². The van der Waals surface area contributed by atoms with E-state index in [2.05, 4.69) is 5.16 Å². The Morgan fingerprint density at radius 3 is 2.70 bits per heavy atom. The second-order valence-corrected chi connectivity index (χ2v) is 7.52. The first-order valence-electron chi connectivity index (χ1n) is 10.5. The van der Waals surface area contributed by atoms with Crippen LogP contribution in [0, 0.1) is 5.82 Å². The molecule has 0 fully saturated rings. The highest BCUT2D eigenvalue weighted by Crippen LogP contribution is 2.19. The van der Waals surface area contributed by atoms with Crippen LogP contribution in [0.1, 0.15) is 24.0 Å². The SMILES string of the molecule is CO/N=C(\COc1ccc(COC2C=CC(C(N)CC(=O)O)=CC2)cc1)c1cccc(F)c1. The molecule has 0 heterocycles. The van der Waals surface area contributed by atoms with Crippen LogP contribution in [0.15, 0.2) is 77.5 Å². The fourth-order valence-electron chi connectivity index (χ4n) is 3.30. The van der Waals surface area contributed by atoms with Crippen molar-refractivity contribution in [3.63, 3.8) is 0 Å².